The Kier molecular flexibility index (Phi) is 4.50. The van der Waals surface area contributed by atoms with Gasteiger partial charge in [-0.25, -0.2) is 13.8 Å². The van der Waals surface area contributed by atoms with Gasteiger partial charge in [-0.2, -0.15) is 11.8 Å². The molecule has 0 aliphatic heterocycles. The molecule has 0 radical (unpaired) electrons. The standard InChI is InChI=1S/C13H19F2N3S/c1-3-6-16-11-9(14)7-10(15)12(18-11)17-8-13(19-2)4-5-13/h7H,3-6,8H2,1-2H3,(H2,16,17,18). The van der Waals surface area contributed by atoms with Gasteiger partial charge in [-0.05, 0) is 25.5 Å². The molecule has 0 bridgehead atoms. The van der Waals surface area contributed by atoms with E-state index in [2.05, 4.69) is 21.9 Å². The van der Waals surface area contributed by atoms with Crippen molar-refractivity contribution in [1.82, 2.24) is 4.98 Å². The van der Waals surface area contributed by atoms with Crippen LogP contribution in [0.3, 0.4) is 0 Å². The van der Waals surface area contributed by atoms with Gasteiger partial charge in [-0.15, -0.1) is 0 Å². The first-order valence-electron chi connectivity index (χ1n) is 6.49. The van der Waals surface area contributed by atoms with E-state index in [1.54, 1.807) is 11.8 Å². The average molecular weight is 287 g/mol. The summed E-state index contributed by atoms with van der Waals surface area (Å²) >= 11 is 1.78. The van der Waals surface area contributed by atoms with E-state index in [-0.39, 0.29) is 16.4 Å². The normalized spacial score (nSPS) is 16.2. The molecule has 6 heteroatoms. The van der Waals surface area contributed by atoms with Crippen molar-refractivity contribution < 1.29 is 8.78 Å². The van der Waals surface area contributed by atoms with Gasteiger partial charge in [-0.3, -0.25) is 0 Å². The SMILES string of the molecule is CCCNc1nc(NCC2(SC)CC2)c(F)cc1F. The van der Waals surface area contributed by atoms with Crippen LogP contribution in [0.1, 0.15) is 26.2 Å². The Hall–Kier alpha value is -1.04. The summed E-state index contributed by atoms with van der Waals surface area (Å²) in [6, 6.07) is 0.881. The van der Waals surface area contributed by atoms with E-state index in [1.807, 2.05) is 6.92 Å². The van der Waals surface area contributed by atoms with Crippen LogP contribution in [0.4, 0.5) is 20.4 Å². The molecular formula is C13H19F2N3S. The molecule has 106 valence electrons. The Bertz CT molecular complexity index is 450. The molecule has 0 unspecified atom stereocenters. The van der Waals surface area contributed by atoms with Crippen molar-refractivity contribution in [3.63, 3.8) is 0 Å². The first kappa shape index (κ1) is 14.4. The van der Waals surface area contributed by atoms with Crippen molar-refractivity contribution in [2.24, 2.45) is 0 Å². The first-order valence-corrected chi connectivity index (χ1v) is 7.71. The lowest BCUT2D eigenvalue weighted by Crippen LogP contribution is -2.19. The lowest BCUT2D eigenvalue weighted by Gasteiger charge is -2.15. The lowest BCUT2D eigenvalue weighted by molar-refractivity contribution is 0.577. The highest BCUT2D eigenvalue weighted by molar-refractivity contribution is 8.00. The third-order valence-corrected chi connectivity index (χ3v) is 4.71. The second-order valence-corrected chi connectivity index (χ2v) is 6.09. The quantitative estimate of drug-likeness (QED) is 0.805. The highest BCUT2D eigenvalue weighted by atomic mass is 32.2. The average Bonchev–Trinajstić information content (AvgIpc) is 3.17. The number of pyridine rings is 1. The maximum Gasteiger partial charge on any atom is 0.168 e. The van der Waals surface area contributed by atoms with Gasteiger partial charge < -0.3 is 10.6 Å². The predicted molar refractivity (Wildman–Crippen MR) is 76.9 cm³/mol. The third-order valence-electron chi connectivity index (χ3n) is 3.29. The van der Waals surface area contributed by atoms with Gasteiger partial charge in [0.25, 0.3) is 0 Å². The fourth-order valence-corrected chi connectivity index (χ4v) is 2.52. The van der Waals surface area contributed by atoms with Crippen molar-refractivity contribution >= 4 is 23.4 Å². The second-order valence-electron chi connectivity index (χ2n) is 4.82. The van der Waals surface area contributed by atoms with Crippen molar-refractivity contribution in [1.29, 1.82) is 0 Å². The van der Waals surface area contributed by atoms with E-state index >= 15 is 0 Å². The molecule has 19 heavy (non-hydrogen) atoms. The van der Waals surface area contributed by atoms with E-state index in [0.29, 0.717) is 13.1 Å². The molecule has 1 fully saturated rings. The van der Waals surface area contributed by atoms with Crippen molar-refractivity contribution in [3.05, 3.63) is 17.7 Å². The summed E-state index contributed by atoms with van der Waals surface area (Å²) in [5, 5.41) is 5.86. The van der Waals surface area contributed by atoms with Crippen LogP contribution in [-0.4, -0.2) is 29.1 Å². The van der Waals surface area contributed by atoms with Crippen LogP contribution in [0.2, 0.25) is 0 Å². The van der Waals surface area contributed by atoms with E-state index < -0.39 is 11.6 Å². The highest BCUT2D eigenvalue weighted by Gasteiger charge is 2.41. The minimum Gasteiger partial charge on any atom is -0.368 e. The van der Waals surface area contributed by atoms with Crippen LogP contribution in [0, 0.1) is 11.6 Å². The van der Waals surface area contributed by atoms with E-state index in [4.69, 9.17) is 0 Å². The van der Waals surface area contributed by atoms with Gasteiger partial charge in [0.1, 0.15) is 0 Å². The van der Waals surface area contributed by atoms with E-state index in [9.17, 15) is 8.78 Å². The zero-order valence-electron chi connectivity index (χ0n) is 11.2. The predicted octanol–water partition coefficient (Wildman–Crippen LogP) is 3.49. The molecule has 3 nitrogen and oxygen atoms in total. The second kappa shape index (κ2) is 5.94. The minimum absolute atomic E-state index is 0.111. The molecule has 1 aliphatic rings. The van der Waals surface area contributed by atoms with Gasteiger partial charge in [0, 0.05) is 23.9 Å². The monoisotopic (exact) mass is 287 g/mol. The molecule has 2 N–H and O–H groups in total. The summed E-state index contributed by atoms with van der Waals surface area (Å²) < 4.78 is 27.4. The van der Waals surface area contributed by atoms with E-state index in [0.717, 1.165) is 25.3 Å². The number of nitrogens with one attached hydrogen (secondary N) is 2. The first-order chi connectivity index (χ1) is 9.10. The number of hydrogen-bond donors (Lipinski definition) is 2. The number of anilines is 2. The highest BCUT2D eigenvalue weighted by Crippen LogP contribution is 2.47. The van der Waals surface area contributed by atoms with Crippen LogP contribution in [0.15, 0.2) is 6.07 Å². The Morgan fingerprint density at radius 1 is 1.26 bits per heavy atom. The summed E-state index contributed by atoms with van der Waals surface area (Å²) in [7, 11) is 0. The lowest BCUT2D eigenvalue weighted by atomic mass is 10.3. The summed E-state index contributed by atoms with van der Waals surface area (Å²) in [4.78, 5) is 3.99. The number of hydrogen-bond acceptors (Lipinski definition) is 4. The molecule has 1 heterocycles. The van der Waals surface area contributed by atoms with Crippen molar-refractivity contribution in [2.45, 2.75) is 30.9 Å². The molecule has 1 aliphatic carbocycles. The molecule has 0 amide bonds. The van der Waals surface area contributed by atoms with E-state index in [1.165, 1.54) is 0 Å². The number of aromatic nitrogens is 1. The Morgan fingerprint density at radius 3 is 2.42 bits per heavy atom. The molecule has 0 atom stereocenters. The molecule has 0 spiro atoms. The smallest absolute Gasteiger partial charge is 0.168 e. The summed E-state index contributed by atoms with van der Waals surface area (Å²) in [6.07, 6.45) is 5.17. The summed E-state index contributed by atoms with van der Waals surface area (Å²) in [5.41, 5.74) is 0. The largest absolute Gasteiger partial charge is 0.368 e. The van der Waals surface area contributed by atoms with Gasteiger partial charge >= 0.3 is 0 Å². The number of nitrogens with zero attached hydrogens (tertiary/aromatic N) is 1. The molecule has 1 aromatic heterocycles. The van der Waals surface area contributed by atoms with Gasteiger partial charge in [0.05, 0.1) is 0 Å². The zero-order valence-corrected chi connectivity index (χ0v) is 12.0. The maximum atomic E-state index is 13.7. The fraction of sp³-hybridized carbons (Fsp3) is 0.615. The zero-order chi connectivity index (χ0) is 13.9. The Morgan fingerprint density at radius 2 is 1.89 bits per heavy atom. The Labute approximate surface area is 116 Å². The minimum atomic E-state index is -0.650. The molecule has 0 aromatic carbocycles. The van der Waals surface area contributed by atoms with Crippen LogP contribution >= 0.6 is 11.8 Å². The third kappa shape index (κ3) is 3.49. The summed E-state index contributed by atoms with van der Waals surface area (Å²) in [5.74, 6) is -1.06. The van der Waals surface area contributed by atoms with Crippen LogP contribution in [0.5, 0.6) is 0 Å². The van der Waals surface area contributed by atoms with Gasteiger partial charge in [-0.1, -0.05) is 6.92 Å². The Balaban J connectivity index is 2.06. The maximum absolute atomic E-state index is 13.7. The fourth-order valence-electron chi connectivity index (χ4n) is 1.80. The number of rotatable bonds is 7. The van der Waals surface area contributed by atoms with Gasteiger partial charge in [0.2, 0.25) is 0 Å². The topological polar surface area (TPSA) is 37.0 Å². The molecular weight excluding hydrogens is 268 g/mol. The molecule has 2 rings (SSSR count). The molecule has 1 aromatic rings. The van der Waals surface area contributed by atoms with Crippen LogP contribution in [-0.2, 0) is 0 Å². The van der Waals surface area contributed by atoms with Gasteiger partial charge in [0.15, 0.2) is 23.3 Å². The van der Waals surface area contributed by atoms with Crippen LogP contribution in [0.25, 0.3) is 0 Å². The number of thioether (sulfide) groups is 1. The molecule has 1 saturated carbocycles. The summed E-state index contributed by atoms with van der Waals surface area (Å²) in [6.45, 7) is 3.25. The van der Waals surface area contributed by atoms with Crippen molar-refractivity contribution in [3.8, 4) is 0 Å². The number of halogens is 2. The van der Waals surface area contributed by atoms with Crippen LogP contribution < -0.4 is 10.6 Å². The van der Waals surface area contributed by atoms with Crippen molar-refractivity contribution in [2.75, 3.05) is 30.0 Å². The molecule has 0 saturated heterocycles.